The zero-order chi connectivity index (χ0) is 13.2. The van der Waals surface area contributed by atoms with Crippen LogP contribution in [0.1, 0.15) is 29.1 Å². The average Bonchev–Trinajstić information content (AvgIpc) is 2.87. The van der Waals surface area contributed by atoms with Gasteiger partial charge in [0.05, 0.1) is 5.69 Å². The van der Waals surface area contributed by atoms with Gasteiger partial charge in [-0.25, -0.2) is 14.4 Å². The summed E-state index contributed by atoms with van der Waals surface area (Å²) >= 11 is 0. The quantitative estimate of drug-likeness (QED) is 0.859. The van der Waals surface area contributed by atoms with Crippen LogP contribution < -0.4 is 5.73 Å². The Morgan fingerprint density at radius 1 is 1.21 bits per heavy atom. The number of aryl methyl sites for hydroxylation is 4. The Morgan fingerprint density at radius 2 is 2.11 bits per heavy atom. The van der Waals surface area contributed by atoms with Crippen LogP contribution in [-0.2, 0) is 25.7 Å². The molecule has 1 aromatic heterocycles. The van der Waals surface area contributed by atoms with Crippen molar-refractivity contribution in [2.24, 2.45) is 0 Å². The van der Waals surface area contributed by atoms with Crippen LogP contribution in [0.3, 0.4) is 0 Å². The highest BCUT2D eigenvalue weighted by molar-refractivity contribution is 5.42. The van der Waals surface area contributed by atoms with Gasteiger partial charge in [0.1, 0.15) is 11.6 Å². The highest BCUT2D eigenvalue weighted by atomic mass is 19.1. The van der Waals surface area contributed by atoms with Gasteiger partial charge in [-0.15, -0.1) is 0 Å². The fraction of sp³-hybridized carbons (Fsp3) is 0.333. The first-order valence-electron chi connectivity index (χ1n) is 6.60. The molecule has 0 fully saturated rings. The van der Waals surface area contributed by atoms with E-state index in [9.17, 15) is 4.39 Å². The lowest BCUT2D eigenvalue weighted by Crippen LogP contribution is -2.02. The molecule has 2 aromatic rings. The van der Waals surface area contributed by atoms with Crippen molar-refractivity contribution in [1.82, 2.24) is 9.97 Å². The second kappa shape index (κ2) is 4.96. The van der Waals surface area contributed by atoms with Gasteiger partial charge in [0.15, 0.2) is 0 Å². The van der Waals surface area contributed by atoms with E-state index in [0.29, 0.717) is 0 Å². The maximum absolute atomic E-state index is 13.1. The highest BCUT2D eigenvalue weighted by Crippen LogP contribution is 2.19. The van der Waals surface area contributed by atoms with Crippen molar-refractivity contribution in [2.45, 2.75) is 32.1 Å². The Labute approximate surface area is 111 Å². The summed E-state index contributed by atoms with van der Waals surface area (Å²) in [4.78, 5) is 8.98. The number of fused-ring (bicyclic) bond motifs is 1. The molecule has 3 rings (SSSR count). The molecule has 19 heavy (non-hydrogen) atoms. The van der Waals surface area contributed by atoms with Crippen molar-refractivity contribution in [3.05, 3.63) is 52.9 Å². The lowest BCUT2D eigenvalue weighted by atomic mass is 10.1. The molecule has 3 nitrogen and oxygen atoms in total. The second-order valence-corrected chi connectivity index (χ2v) is 4.97. The summed E-state index contributed by atoms with van der Waals surface area (Å²) in [7, 11) is 0. The third-order valence-electron chi connectivity index (χ3n) is 3.56. The van der Waals surface area contributed by atoms with Crippen molar-refractivity contribution in [1.29, 1.82) is 0 Å². The molecule has 1 aromatic carbocycles. The number of rotatable bonds is 3. The Kier molecular flexibility index (Phi) is 3.15. The third kappa shape index (κ3) is 2.57. The first-order valence-corrected chi connectivity index (χ1v) is 6.60. The van der Waals surface area contributed by atoms with Crippen LogP contribution in [0, 0.1) is 5.82 Å². The van der Waals surface area contributed by atoms with Gasteiger partial charge in [0.25, 0.3) is 0 Å². The van der Waals surface area contributed by atoms with E-state index in [-0.39, 0.29) is 11.5 Å². The summed E-state index contributed by atoms with van der Waals surface area (Å²) in [6.45, 7) is 0. The van der Waals surface area contributed by atoms with E-state index >= 15 is 0 Å². The van der Waals surface area contributed by atoms with Gasteiger partial charge < -0.3 is 5.73 Å². The van der Waals surface area contributed by atoms with E-state index in [2.05, 4.69) is 9.97 Å². The fourth-order valence-electron chi connectivity index (χ4n) is 2.48. The van der Waals surface area contributed by atoms with Crippen LogP contribution in [0.15, 0.2) is 24.4 Å². The number of hydrogen-bond donors (Lipinski definition) is 1. The van der Waals surface area contributed by atoms with Gasteiger partial charge in [-0.2, -0.15) is 0 Å². The maximum atomic E-state index is 13.1. The largest absolute Gasteiger partial charge is 0.396 e. The molecule has 1 heterocycles. The van der Waals surface area contributed by atoms with Crippen molar-refractivity contribution in [2.75, 3.05) is 5.73 Å². The minimum absolute atomic E-state index is 0.201. The minimum atomic E-state index is -0.363. The van der Waals surface area contributed by atoms with Crippen LogP contribution in [0.5, 0.6) is 0 Å². The molecule has 0 amide bonds. The average molecular weight is 257 g/mol. The molecule has 0 spiro atoms. The van der Waals surface area contributed by atoms with Crippen molar-refractivity contribution < 1.29 is 4.39 Å². The Hall–Kier alpha value is -1.97. The second-order valence-electron chi connectivity index (χ2n) is 4.97. The number of halogens is 1. The number of nitrogens with two attached hydrogens (primary N) is 1. The summed E-state index contributed by atoms with van der Waals surface area (Å²) in [5, 5.41) is 0. The summed E-state index contributed by atoms with van der Waals surface area (Å²) in [5.41, 5.74) is 9.26. The van der Waals surface area contributed by atoms with Gasteiger partial charge in [0, 0.05) is 18.3 Å². The molecule has 0 bridgehead atoms. The van der Waals surface area contributed by atoms with Crippen molar-refractivity contribution in [3.63, 3.8) is 0 Å². The highest BCUT2D eigenvalue weighted by Gasteiger charge is 2.13. The fourth-order valence-corrected chi connectivity index (χ4v) is 2.48. The molecule has 0 aliphatic heterocycles. The minimum Gasteiger partial charge on any atom is -0.396 e. The van der Waals surface area contributed by atoms with E-state index < -0.39 is 0 Å². The normalized spacial score (nSPS) is 13.5. The molecule has 4 heteroatoms. The molecule has 1 aliphatic rings. The van der Waals surface area contributed by atoms with Crippen LogP contribution >= 0.6 is 0 Å². The van der Waals surface area contributed by atoms with Crippen LogP contribution in [0.4, 0.5) is 10.1 Å². The first-order chi connectivity index (χ1) is 9.22. The molecular formula is C15H16FN3. The smallest absolute Gasteiger partial charge is 0.146 e. The summed E-state index contributed by atoms with van der Waals surface area (Å²) in [6.07, 6.45) is 6.84. The molecule has 0 atom stereocenters. The first kappa shape index (κ1) is 12.1. The molecule has 1 aliphatic carbocycles. The van der Waals surface area contributed by atoms with E-state index in [1.807, 2.05) is 6.20 Å². The van der Waals surface area contributed by atoms with Gasteiger partial charge in [-0.05, 0) is 48.9 Å². The lowest BCUT2D eigenvalue weighted by molar-refractivity contribution is 0.631. The van der Waals surface area contributed by atoms with Crippen LogP contribution in [-0.4, -0.2) is 9.97 Å². The molecule has 0 radical (unpaired) electrons. The third-order valence-corrected chi connectivity index (χ3v) is 3.56. The van der Waals surface area contributed by atoms with E-state index in [1.54, 1.807) is 12.1 Å². The zero-order valence-electron chi connectivity index (χ0n) is 10.7. The Morgan fingerprint density at radius 3 is 2.95 bits per heavy atom. The van der Waals surface area contributed by atoms with Crippen LogP contribution in [0.25, 0.3) is 0 Å². The molecule has 0 saturated heterocycles. The standard InChI is InChI=1S/C15H16FN3/c16-12-6-4-10(8-13(12)17)5-7-15-18-9-11-2-1-3-14(11)19-15/h4,6,8-9H,1-3,5,7,17H2. The number of nitrogens with zero attached hydrogens (tertiary/aromatic N) is 2. The monoisotopic (exact) mass is 257 g/mol. The number of hydrogen-bond acceptors (Lipinski definition) is 3. The van der Waals surface area contributed by atoms with Crippen molar-refractivity contribution >= 4 is 5.69 Å². The van der Waals surface area contributed by atoms with Gasteiger partial charge >= 0.3 is 0 Å². The number of benzene rings is 1. The number of nitrogen functional groups attached to an aromatic ring is 1. The van der Waals surface area contributed by atoms with E-state index in [4.69, 9.17) is 5.73 Å². The number of aromatic nitrogens is 2. The molecule has 0 saturated carbocycles. The molecule has 0 unspecified atom stereocenters. The number of anilines is 1. The SMILES string of the molecule is Nc1cc(CCc2ncc3c(n2)CCC3)ccc1F. The molecular weight excluding hydrogens is 241 g/mol. The van der Waals surface area contributed by atoms with Crippen LogP contribution in [0.2, 0.25) is 0 Å². The summed E-state index contributed by atoms with van der Waals surface area (Å²) in [5.74, 6) is 0.501. The molecule has 98 valence electrons. The Balaban J connectivity index is 1.70. The lowest BCUT2D eigenvalue weighted by Gasteiger charge is -2.05. The van der Waals surface area contributed by atoms with E-state index in [1.165, 1.54) is 23.7 Å². The van der Waals surface area contributed by atoms with Gasteiger partial charge in [0.2, 0.25) is 0 Å². The van der Waals surface area contributed by atoms with E-state index in [0.717, 1.165) is 37.1 Å². The summed E-state index contributed by atoms with van der Waals surface area (Å²) in [6, 6.07) is 4.86. The predicted molar refractivity (Wildman–Crippen MR) is 72.3 cm³/mol. The maximum Gasteiger partial charge on any atom is 0.146 e. The topological polar surface area (TPSA) is 51.8 Å². The van der Waals surface area contributed by atoms with Crippen molar-refractivity contribution in [3.8, 4) is 0 Å². The van der Waals surface area contributed by atoms with Gasteiger partial charge in [-0.3, -0.25) is 0 Å². The Bertz CT molecular complexity index is 610. The zero-order valence-corrected chi connectivity index (χ0v) is 10.7. The predicted octanol–water partition coefficient (Wildman–Crippen LogP) is 2.47. The molecule has 2 N–H and O–H groups in total. The summed E-state index contributed by atoms with van der Waals surface area (Å²) < 4.78 is 13.1. The van der Waals surface area contributed by atoms with Gasteiger partial charge in [-0.1, -0.05) is 6.07 Å².